The van der Waals surface area contributed by atoms with Gasteiger partial charge in [0.15, 0.2) is 0 Å². The molecule has 0 aliphatic rings. The average molecular weight is 282 g/mol. The summed E-state index contributed by atoms with van der Waals surface area (Å²) < 4.78 is 28.5. The summed E-state index contributed by atoms with van der Waals surface area (Å²) in [7, 11) is -3.71. The van der Waals surface area contributed by atoms with E-state index in [2.05, 4.69) is 0 Å². The fourth-order valence-corrected chi connectivity index (χ4v) is 2.19. The molecule has 0 radical (unpaired) electrons. The van der Waals surface area contributed by atoms with Crippen molar-refractivity contribution in [3.8, 4) is 5.75 Å². The molecule has 18 heavy (non-hydrogen) atoms. The summed E-state index contributed by atoms with van der Waals surface area (Å²) in [5, 5.41) is 0. The number of hydrogen-bond donors (Lipinski definition) is 0. The van der Waals surface area contributed by atoms with Crippen LogP contribution < -0.4 is 4.18 Å². The molecule has 2 rings (SSSR count). The SMILES string of the molecule is O=S(=O)(Oc1ccccc1)c1ccccc1.[NaH].[NaH]. The Hall–Kier alpha value is 0.190. The second-order valence-electron chi connectivity index (χ2n) is 3.16. The van der Waals surface area contributed by atoms with Crippen LogP contribution in [-0.4, -0.2) is 67.5 Å². The zero-order chi connectivity index (χ0) is 11.4. The third kappa shape index (κ3) is 5.05. The van der Waals surface area contributed by atoms with Gasteiger partial charge in [-0.2, -0.15) is 8.42 Å². The molecule has 0 bridgehead atoms. The first kappa shape index (κ1) is 18.2. The van der Waals surface area contributed by atoms with Gasteiger partial charge in [0, 0.05) is 0 Å². The van der Waals surface area contributed by atoms with Crippen LogP contribution in [0.15, 0.2) is 65.6 Å². The van der Waals surface area contributed by atoms with Crippen LogP contribution >= 0.6 is 0 Å². The second-order valence-corrected chi connectivity index (χ2v) is 4.71. The van der Waals surface area contributed by atoms with Crippen LogP contribution in [0.1, 0.15) is 0 Å². The van der Waals surface area contributed by atoms with E-state index in [0.29, 0.717) is 5.75 Å². The number of hydrogen-bond acceptors (Lipinski definition) is 3. The third-order valence-corrected chi connectivity index (χ3v) is 3.24. The molecule has 0 aliphatic carbocycles. The summed E-state index contributed by atoms with van der Waals surface area (Å²) in [5.74, 6) is 0.311. The van der Waals surface area contributed by atoms with Gasteiger partial charge in [-0.25, -0.2) is 0 Å². The van der Waals surface area contributed by atoms with Crippen molar-refractivity contribution in [1.29, 1.82) is 0 Å². The molecular formula is C12H12Na2O3S. The average Bonchev–Trinajstić information content (AvgIpc) is 2.31. The van der Waals surface area contributed by atoms with Gasteiger partial charge in [0.25, 0.3) is 0 Å². The van der Waals surface area contributed by atoms with Crippen LogP contribution in [0.5, 0.6) is 5.75 Å². The summed E-state index contributed by atoms with van der Waals surface area (Å²) in [6, 6.07) is 16.5. The van der Waals surface area contributed by atoms with Gasteiger partial charge >= 0.3 is 69.2 Å². The van der Waals surface area contributed by atoms with Gasteiger partial charge < -0.3 is 4.18 Å². The molecule has 6 heteroatoms. The van der Waals surface area contributed by atoms with E-state index in [4.69, 9.17) is 4.18 Å². The van der Waals surface area contributed by atoms with Crippen molar-refractivity contribution in [3.63, 3.8) is 0 Å². The molecule has 0 saturated heterocycles. The predicted octanol–water partition coefficient (Wildman–Crippen LogP) is 1.16. The van der Waals surface area contributed by atoms with E-state index < -0.39 is 10.1 Å². The topological polar surface area (TPSA) is 43.4 Å². The van der Waals surface area contributed by atoms with Gasteiger partial charge in [0.2, 0.25) is 0 Å². The maximum atomic E-state index is 11.8. The Labute approximate surface area is 151 Å². The first-order chi connectivity index (χ1) is 7.68. The van der Waals surface area contributed by atoms with Gasteiger partial charge in [0.05, 0.1) is 0 Å². The fraction of sp³-hybridized carbons (Fsp3) is 0. The van der Waals surface area contributed by atoms with Crippen molar-refractivity contribution >= 4 is 69.2 Å². The van der Waals surface area contributed by atoms with E-state index in [0.717, 1.165) is 0 Å². The van der Waals surface area contributed by atoms with Crippen LogP contribution in [0.4, 0.5) is 0 Å². The second kappa shape index (κ2) is 8.38. The molecular weight excluding hydrogens is 270 g/mol. The molecule has 0 aliphatic heterocycles. The predicted molar refractivity (Wildman–Crippen MR) is 75.0 cm³/mol. The van der Waals surface area contributed by atoms with Crippen molar-refractivity contribution < 1.29 is 12.6 Å². The van der Waals surface area contributed by atoms with E-state index in [-0.39, 0.29) is 64.0 Å². The molecule has 0 saturated carbocycles. The molecule has 2 aromatic carbocycles. The first-order valence-corrected chi connectivity index (χ1v) is 6.14. The monoisotopic (exact) mass is 282 g/mol. The number of benzene rings is 2. The van der Waals surface area contributed by atoms with E-state index >= 15 is 0 Å². The van der Waals surface area contributed by atoms with E-state index in [1.54, 1.807) is 48.5 Å². The normalized spacial score (nSPS) is 9.78. The molecule has 0 aromatic heterocycles. The molecule has 0 unspecified atom stereocenters. The summed E-state index contributed by atoms with van der Waals surface area (Å²) in [6.45, 7) is 0. The molecule has 0 fully saturated rings. The molecule has 2 aromatic rings. The summed E-state index contributed by atoms with van der Waals surface area (Å²) in [4.78, 5) is 0.152. The van der Waals surface area contributed by atoms with E-state index in [1.807, 2.05) is 0 Å². The molecule has 0 heterocycles. The van der Waals surface area contributed by atoms with Crippen LogP contribution in [-0.2, 0) is 10.1 Å². The standard InChI is InChI=1S/C12H10O3S.2Na.2H/c13-16(14,12-9-5-2-6-10-12)15-11-7-3-1-4-8-11;;;;/h1-10H;;;;. The molecule has 0 atom stereocenters. The Kier molecular flexibility index (Phi) is 8.47. The fourth-order valence-electron chi connectivity index (χ4n) is 1.24. The minimum atomic E-state index is -3.71. The Balaban J connectivity index is 0.00000144. The molecule has 3 nitrogen and oxygen atoms in total. The zero-order valence-electron chi connectivity index (χ0n) is 8.41. The number of para-hydroxylation sites is 1. The minimum absolute atomic E-state index is 0. The van der Waals surface area contributed by atoms with E-state index in [9.17, 15) is 8.42 Å². The van der Waals surface area contributed by atoms with Gasteiger partial charge in [0.1, 0.15) is 10.6 Å². The quantitative estimate of drug-likeness (QED) is 0.627. The van der Waals surface area contributed by atoms with Crippen molar-refractivity contribution in [2.75, 3.05) is 0 Å². The van der Waals surface area contributed by atoms with Crippen LogP contribution in [0, 0.1) is 0 Å². The third-order valence-electron chi connectivity index (χ3n) is 1.98. The van der Waals surface area contributed by atoms with Crippen molar-refractivity contribution in [2.45, 2.75) is 4.90 Å². The summed E-state index contributed by atoms with van der Waals surface area (Å²) in [5.41, 5.74) is 0. The van der Waals surface area contributed by atoms with E-state index in [1.165, 1.54) is 12.1 Å². The molecule has 0 amide bonds. The van der Waals surface area contributed by atoms with Crippen molar-refractivity contribution in [3.05, 3.63) is 60.7 Å². The Morgan fingerprint density at radius 1 is 0.722 bits per heavy atom. The van der Waals surface area contributed by atoms with Crippen LogP contribution in [0.2, 0.25) is 0 Å². The van der Waals surface area contributed by atoms with Gasteiger partial charge in [-0.15, -0.1) is 0 Å². The first-order valence-electron chi connectivity index (χ1n) is 4.73. The van der Waals surface area contributed by atoms with Gasteiger partial charge in [-0.05, 0) is 24.3 Å². The summed E-state index contributed by atoms with van der Waals surface area (Å²) >= 11 is 0. The Bertz CT molecular complexity index is 556. The molecule has 86 valence electrons. The zero-order valence-corrected chi connectivity index (χ0v) is 9.22. The maximum absolute atomic E-state index is 11.8. The number of rotatable bonds is 3. The van der Waals surface area contributed by atoms with Crippen LogP contribution in [0.25, 0.3) is 0 Å². The molecule has 0 N–H and O–H groups in total. The Morgan fingerprint density at radius 2 is 1.17 bits per heavy atom. The van der Waals surface area contributed by atoms with Crippen molar-refractivity contribution in [2.24, 2.45) is 0 Å². The van der Waals surface area contributed by atoms with Crippen LogP contribution in [0.3, 0.4) is 0 Å². The van der Waals surface area contributed by atoms with Gasteiger partial charge in [-0.1, -0.05) is 36.4 Å². The Morgan fingerprint density at radius 3 is 1.67 bits per heavy atom. The van der Waals surface area contributed by atoms with Crippen molar-refractivity contribution in [1.82, 2.24) is 0 Å². The summed E-state index contributed by atoms with van der Waals surface area (Å²) in [6.07, 6.45) is 0. The van der Waals surface area contributed by atoms with Gasteiger partial charge in [-0.3, -0.25) is 0 Å². The molecule has 0 spiro atoms.